The molecule has 0 aromatic carbocycles. The van der Waals surface area contributed by atoms with E-state index in [1.165, 1.54) is 6.20 Å². The molecule has 6 nitrogen and oxygen atoms in total. The Morgan fingerprint density at radius 2 is 2.35 bits per heavy atom. The van der Waals surface area contributed by atoms with Gasteiger partial charge < -0.3 is 15.2 Å². The number of aliphatic hydroxyl groups is 1. The van der Waals surface area contributed by atoms with E-state index in [1.54, 1.807) is 19.9 Å². The molecule has 2 N–H and O–H groups in total. The lowest BCUT2D eigenvalue weighted by Crippen LogP contribution is -2.18. The van der Waals surface area contributed by atoms with Gasteiger partial charge in [0, 0.05) is 25.1 Å². The molecule has 0 saturated heterocycles. The molecule has 0 unspecified atom stereocenters. The van der Waals surface area contributed by atoms with Crippen LogP contribution in [0.25, 0.3) is 0 Å². The molecule has 0 radical (unpaired) electrons. The lowest BCUT2D eigenvalue weighted by molar-refractivity contribution is -0.118. The summed E-state index contributed by atoms with van der Waals surface area (Å²) >= 11 is 0. The molecule has 0 atom stereocenters. The smallest absolute Gasteiger partial charge is 0.318 e. The molecule has 94 valence electrons. The monoisotopic (exact) mass is 239 g/mol. The topological polar surface area (TPSA) is 84.3 Å². The number of aliphatic hydroxyl groups excluding tert-OH is 1. The number of hydrogen-bond donors (Lipinski definition) is 2. The van der Waals surface area contributed by atoms with Gasteiger partial charge in [-0.1, -0.05) is 13.8 Å². The average molecular weight is 239 g/mol. The number of hydrogen-bond acceptors (Lipinski definition) is 5. The van der Waals surface area contributed by atoms with Gasteiger partial charge in [-0.05, 0) is 6.07 Å². The molecule has 1 heterocycles. The Bertz CT molecular complexity index is 369. The second kappa shape index (κ2) is 6.80. The largest absolute Gasteiger partial charge is 0.463 e. The Labute approximate surface area is 100 Å². The van der Waals surface area contributed by atoms with Crippen molar-refractivity contribution >= 4 is 11.7 Å². The Kier molecular flexibility index (Phi) is 5.35. The minimum absolute atomic E-state index is 0.0593. The van der Waals surface area contributed by atoms with Gasteiger partial charge in [0.2, 0.25) is 5.91 Å². The highest BCUT2D eigenvalue weighted by Gasteiger charge is 2.08. The van der Waals surface area contributed by atoms with Crippen molar-refractivity contribution in [3.63, 3.8) is 0 Å². The van der Waals surface area contributed by atoms with Crippen molar-refractivity contribution in [2.75, 3.05) is 18.5 Å². The van der Waals surface area contributed by atoms with Crippen molar-refractivity contribution in [2.24, 2.45) is 5.92 Å². The molecule has 0 spiro atoms. The lowest BCUT2D eigenvalue weighted by Gasteiger charge is -2.08. The highest BCUT2D eigenvalue weighted by atomic mass is 16.5. The van der Waals surface area contributed by atoms with Gasteiger partial charge in [-0.15, -0.1) is 0 Å². The van der Waals surface area contributed by atoms with Crippen molar-refractivity contribution in [3.8, 4) is 6.01 Å². The van der Waals surface area contributed by atoms with E-state index in [4.69, 9.17) is 9.84 Å². The maximum atomic E-state index is 11.4. The maximum absolute atomic E-state index is 11.4. The third-order valence-corrected chi connectivity index (χ3v) is 1.94. The molecule has 17 heavy (non-hydrogen) atoms. The molecular formula is C11H17N3O3. The minimum atomic E-state index is -0.108. The predicted octanol–water partition coefficient (Wildman–Crippen LogP) is 0.832. The van der Waals surface area contributed by atoms with Crippen LogP contribution >= 0.6 is 0 Å². The van der Waals surface area contributed by atoms with Crippen LogP contribution in [0.2, 0.25) is 0 Å². The fraction of sp³-hybridized carbons (Fsp3) is 0.545. The maximum Gasteiger partial charge on any atom is 0.318 e. The van der Waals surface area contributed by atoms with Gasteiger partial charge in [0.25, 0.3) is 0 Å². The van der Waals surface area contributed by atoms with Crippen LogP contribution in [0, 0.1) is 5.92 Å². The van der Waals surface area contributed by atoms with Crippen molar-refractivity contribution in [1.82, 2.24) is 9.97 Å². The summed E-state index contributed by atoms with van der Waals surface area (Å²) in [6, 6.07) is 1.79. The lowest BCUT2D eigenvalue weighted by atomic mass is 10.2. The Morgan fingerprint density at radius 1 is 1.59 bits per heavy atom. The van der Waals surface area contributed by atoms with Crippen LogP contribution in [0.5, 0.6) is 6.01 Å². The van der Waals surface area contributed by atoms with E-state index in [1.807, 2.05) is 0 Å². The number of rotatable bonds is 6. The van der Waals surface area contributed by atoms with Crippen LogP contribution in [0.3, 0.4) is 0 Å². The first-order chi connectivity index (χ1) is 8.13. The molecule has 0 saturated carbocycles. The fourth-order valence-corrected chi connectivity index (χ4v) is 0.979. The SMILES string of the molecule is CC(C)C(=O)Nc1ccnc(OCCCO)n1. The van der Waals surface area contributed by atoms with Crippen LogP contribution in [0.1, 0.15) is 20.3 Å². The summed E-state index contributed by atoms with van der Waals surface area (Å²) in [7, 11) is 0. The van der Waals surface area contributed by atoms with E-state index in [9.17, 15) is 4.79 Å². The van der Waals surface area contributed by atoms with E-state index >= 15 is 0 Å². The standard InChI is InChI=1S/C11H17N3O3/c1-8(2)10(16)13-9-4-5-12-11(14-9)17-7-3-6-15/h4-5,8,15H,3,6-7H2,1-2H3,(H,12,13,14,16). The van der Waals surface area contributed by atoms with Crippen LogP contribution in [-0.4, -0.2) is 34.2 Å². The summed E-state index contributed by atoms with van der Waals surface area (Å²) in [4.78, 5) is 19.4. The van der Waals surface area contributed by atoms with Crippen LogP contribution < -0.4 is 10.1 Å². The van der Waals surface area contributed by atoms with Crippen molar-refractivity contribution in [3.05, 3.63) is 12.3 Å². The predicted molar refractivity (Wildman–Crippen MR) is 62.7 cm³/mol. The van der Waals surface area contributed by atoms with Gasteiger partial charge in [-0.2, -0.15) is 4.98 Å². The van der Waals surface area contributed by atoms with E-state index in [-0.39, 0.29) is 24.4 Å². The van der Waals surface area contributed by atoms with Crippen LogP contribution in [0.4, 0.5) is 5.82 Å². The number of nitrogens with zero attached hydrogens (tertiary/aromatic N) is 2. The molecule has 1 aromatic heterocycles. The number of amides is 1. The van der Waals surface area contributed by atoms with Gasteiger partial charge in [0.15, 0.2) is 0 Å². The zero-order chi connectivity index (χ0) is 12.7. The number of nitrogens with one attached hydrogen (secondary N) is 1. The fourth-order valence-electron chi connectivity index (χ4n) is 0.979. The minimum Gasteiger partial charge on any atom is -0.463 e. The van der Waals surface area contributed by atoms with Crippen molar-refractivity contribution in [2.45, 2.75) is 20.3 Å². The molecule has 0 aliphatic rings. The summed E-state index contributed by atoms with van der Waals surface area (Å²) in [5.74, 6) is 0.200. The average Bonchev–Trinajstić information content (AvgIpc) is 2.30. The summed E-state index contributed by atoms with van der Waals surface area (Å²) < 4.78 is 5.20. The zero-order valence-corrected chi connectivity index (χ0v) is 10.0. The second-order valence-corrected chi connectivity index (χ2v) is 3.79. The summed E-state index contributed by atoms with van der Waals surface area (Å²) in [6.45, 7) is 4.01. The molecule has 0 fully saturated rings. The third-order valence-electron chi connectivity index (χ3n) is 1.94. The van der Waals surface area contributed by atoms with E-state index in [2.05, 4.69) is 15.3 Å². The van der Waals surface area contributed by atoms with E-state index < -0.39 is 0 Å². The number of ether oxygens (including phenoxy) is 1. The first-order valence-corrected chi connectivity index (χ1v) is 5.51. The first kappa shape index (κ1) is 13.4. The molecule has 1 rings (SSSR count). The molecule has 0 bridgehead atoms. The molecule has 1 aromatic rings. The highest BCUT2D eigenvalue weighted by molar-refractivity contribution is 5.91. The molecule has 1 amide bonds. The van der Waals surface area contributed by atoms with Crippen LogP contribution in [0.15, 0.2) is 12.3 Å². The van der Waals surface area contributed by atoms with Gasteiger partial charge >= 0.3 is 6.01 Å². The number of carbonyl (C=O) groups excluding carboxylic acids is 1. The highest BCUT2D eigenvalue weighted by Crippen LogP contribution is 2.09. The normalized spacial score (nSPS) is 10.4. The zero-order valence-electron chi connectivity index (χ0n) is 10.0. The third kappa shape index (κ3) is 4.78. The Balaban J connectivity index is 2.56. The van der Waals surface area contributed by atoms with E-state index in [0.29, 0.717) is 18.8 Å². The number of anilines is 1. The summed E-state index contributed by atoms with van der Waals surface area (Å²) in [5.41, 5.74) is 0. The van der Waals surface area contributed by atoms with Gasteiger partial charge in [0.05, 0.1) is 6.61 Å². The van der Waals surface area contributed by atoms with Crippen molar-refractivity contribution < 1.29 is 14.6 Å². The molecular weight excluding hydrogens is 222 g/mol. The van der Waals surface area contributed by atoms with Crippen LogP contribution in [-0.2, 0) is 4.79 Å². The number of carbonyl (C=O) groups is 1. The summed E-state index contributed by atoms with van der Waals surface area (Å²) in [6.07, 6.45) is 2.03. The number of aromatic nitrogens is 2. The molecule has 0 aliphatic carbocycles. The molecule has 0 aliphatic heterocycles. The Morgan fingerprint density at radius 3 is 3.00 bits per heavy atom. The first-order valence-electron chi connectivity index (χ1n) is 5.51. The van der Waals surface area contributed by atoms with E-state index in [0.717, 1.165) is 0 Å². The van der Waals surface area contributed by atoms with Gasteiger partial charge in [-0.3, -0.25) is 4.79 Å². The van der Waals surface area contributed by atoms with Gasteiger partial charge in [-0.25, -0.2) is 4.98 Å². The Hall–Kier alpha value is -1.69. The van der Waals surface area contributed by atoms with Crippen molar-refractivity contribution in [1.29, 1.82) is 0 Å². The summed E-state index contributed by atoms with van der Waals surface area (Å²) in [5, 5.41) is 11.3. The molecule has 6 heteroatoms. The second-order valence-electron chi connectivity index (χ2n) is 3.79. The quantitative estimate of drug-likeness (QED) is 0.718. The van der Waals surface area contributed by atoms with Gasteiger partial charge in [0.1, 0.15) is 5.82 Å².